The first-order valence-electron chi connectivity index (χ1n) is 2.93. The Hall–Kier alpha value is -0.0900. The van der Waals surface area contributed by atoms with E-state index in [1.54, 1.807) is 29.6 Å². The predicted octanol–water partition coefficient (Wildman–Crippen LogP) is 1.43. The Morgan fingerprint density at radius 1 is 1.50 bits per heavy atom. The highest BCUT2D eigenvalue weighted by Crippen LogP contribution is 2.32. The van der Waals surface area contributed by atoms with Gasteiger partial charge < -0.3 is 5.11 Å². The summed E-state index contributed by atoms with van der Waals surface area (Å²) < 4.78 is 0.371. The molecule has 0 aromatic carbocycles. The van der Waals surface area contributed by atoms with Gasteiger partial charge in [0.1, 0.15) is 0 Å². The molecule has 0 saturated carbocycles. The van der Waals surface area contributed by atoms with Gasteiger partial charge in [-0.25, -0.2) is 4.79 Å². The van der Waals surface area contributed by atoms with E-state index in [1.807, 2.05) is 0 Å². The van der Waals surface area contributed by atoms with E-state index in [4.69, 9.17) is 5.11 Å². The molecule has 1 rings (SSSR count). The molecule has 0 bridgehead atoms. The molecule has 0 atom stereocenters. The van der Waals surface area contributed by atoms with E-state index in [-0.39, 0.29) is 0 Å². The lowest BCUT2D eigenvalue weighted by Crippen LogP contribution is -1.90. The average Bonchev–Trinajstić information content (AvgIpc) is 2.34. The molecule has 0 aliphatic carbocycles. The number of aliphatic carboxylic acids is 1. The summed E-state index contributed by atoms with van der Waals surface area (Å²) in [5.41, 5.74) is 0. The van der Waals surface area contributed by atoms with Gasteiger partial charge in [0.2, 0.25) is 0 Å². The molecule has 4 heteroatoms. The number of hydrogen-bond donors (Lipinski definition) is 1. The van der Waals surface area contributed by atoms with E-state index in [9.17, 15) is 4.79 Å². The van der Waals surface area contributed by atoms with Crippen LogP contribution in [-0.2, 0) is 4.79 Å². The topological polar surface area (TPSA) is 37.3 Å². The molecule has 10 heavy (non-hydrogen) atoms. The maximum Gasteiger partial charge on any atom is 0.328 e. The second-order valence-corrected chi connectivity index (χ2v) is 4.60. The molecule has 1 fully saturated rings. The second kappa shape index (κ2) is 3.93. The van der Waals surface area contributed by atoms with Crippen LogP contribution in [0.5, 0.6) is 0 Å². The first-order valence-corrected chi connectivity index (χ1v) is 5.03. The summed E-state index contributed by atoms with van der Waals surface area (Å²) >= 11 is 3.59. The summed E-state index contributed by atoms with van der Waals surface area (Å²) in [7, 11) is 0. The highest BCUT2D eigenvalue weighted by Gasteiger charge is 2.12. The minimum absolute atomic E-state index is 0.371. The highest BCUT2D eigenvalue weighted by molar-refractivity contribution is 8.20. The lowest BCUT2D eigenvalue weighted by Gasteiger charge is -1.96. The maximum atomic E-state index is 10.1. The number of hydrogen-bond acceptors (Lipinski definition) is 3. The largest absolute Gasteiger partial charge is 0.478 e. The fourth-order valence-corrected chi connectivity index (χ4v) is 3.22. The van der Waals surface area contributed by atoms with Crippen molar-refractivity contribution >= 4 is 29.5 Å². The number of thioether (sulfide) groups is 2. The minimum atomic E-state index is -0.854. The van der Waals surface area contributed by atoms with Gasteiger partial charge in [-0.05, 0) is 0 Å². The smallest absolute Gasteiger partial charge is 0.328 e. The number of carboxylic acids is 1. The molecule has 56 valence electrons. The molecule has 0 spiro atoms. The van der Waals surface area contributed by atoms with Crippen molar-refractivity contribution in [1.29, 1.82) is 0 Å². The molecule has 1 aliphatic heterocycles. The third kappa shape index (κ3) is 2.66. The molecule has 1 aliphatic rings. The molecule has 1 N–H and O–H groups in total. The van der Waals surface area contributed by atoms with Crippen molar-refractivity contribution in [2.45, 2.75) is 4.58 Å². The van der Waals surface area contributed by atoms with Crippen LogP contribution in [0.3, 0.4) is 0 Å². The lowest BCUT2D eigenvalue weighted by atomic mass is 10.5. The molecule has 0 unspecified atom stereocenters. The van der Waals surface area contributed by atoms with Gasteiger partial charge in [0.05, 0.1) is 4.58 Å². The van der Waals surface area contributed by atoms with E-state index < -0.39 is 5.97 Å². The van der Waals surface area contributed by atoms with Gasteiger partial charge in [-0.3, -0.25) is 0 Å². The Labute approximate surface area is 68.1 Å². The van der Waals surface area contributed by atoms with Gasteiger partial charge in [-0.1, -0.05) is 6.08 Å². The standard InChI is InChI=1S/C6H8O2S2/c7-5(8)1-2-6-9-3-4-10-6/h1-2,6H,3-4H2,(H,7,8). The van der Waals surface area contributed by atoms with Crippen molar-refractivity contribution in [1.82, 2.24) is 0 Å². The van der Waals surface area contributed by atoms with Crippen LogP contribution in [0.4, 0.5) is 0 Å². The van der Waals surface area contributed by atoms with Crippen molar-refractivity contribution < 1.29 is 9.90 Å². The Kier molecular flexibility index (Phi) is 3.15. The summed E-state index contributed by atoms with van der Waals surface area (Å²) in [6.45, 7) is 0. The first kappa shape index (κ1) is 8.01. The Morgan fingerprint density at radius 3 is 2.60 bits per heavy atom. The van der Waals surface area contributed by atoms with Crippen molar-refractivity contribution in [3.05, 3.63) is 12.2 Å². The molecule has 1 saturated heterocycles. The molecule has 1 heterocycles. The van der Waals surface area contributed by atoms with Gasteiger partial charge in [0, 0.05) is 17.6 Å². The zero-order valence-electron chi connectivity index (χ0n) is 5.32. The Morgan fingerprint density at radius 2 is 2.10 bits per heavy atom. The van der Waals surface area contributed by atoms with Crippen molar-refractivity contribution in [2.24, 2.45) is 0 Å². The minimum Gasteiger partial charge on any atom is -0.478 e. The summed E-state index contributed by atoms with van der Waals surface area (Å²) in [5.74, 6) is 1.42. The SMILES string of the molecule is O=C(O)C=CC1SCCS1. The van der Waals surface area contributed by atoms with Crippen LogP contribution in [-0.4, -0.2) is 27.2 Å². The normalized spacial score (nSPS) is 20.4. The van der Waals surface area contributed by atoms with Gasteiger partial charge >= 0.3 is 5.97 Å². The third-order valence-electron chi connectivity index (χ3n) is 1.04. The van der Waals surface area contributed by atoms with Crippen LogP contribution in [0.2, 0.25) is 0 Å². The molecule has 0 aromatic heterocycles. The maximum absolute atomic E-state index is 10.1. The molecule has 0 aromatic rings. The van der Waals surface area contributed by atoms with Gasteiger partial charge in [0.25, 0.3) is 0 Å². The molecular formula is C6H8O2S2. The summed E-state index contributed by atoms with van der Waals surface area (Å²) in [6.07, 6.45) is 2.96. The van der Waals surface area contributed by atoms with E-state index in [0.29, 0.717) is 4.58 Å². The predicted molar refractivity (Wildman–Crippen MR) is 45.5 cm³/mol. The van der Waals surface area contributed by atoms with Crippen LogP contribution in [0.15, 0.2) is 12.2 Å². The average molecular weight is 176 g/mol. The van der Waals surface area contributed by atoms with E-state index in [0.717, 1.165) is 11.5 Å². The first-order chi connectivity index (χ1) is 4.79. The summed E-state index contributed by atoms with van der Waals surface area (Å²) in [5, 5.41) is 8.27. The quantitative estimate of drug-likeness (QED) is 0.646. The van der Waals surface area contributed by atoms with E-state index in [1.165, 1.54) is 6.08 Å². The summed E-state index contributed by atoms with van der Waals surface area (Å²) in [6, 6.07) is 0. The zero-order valence-corrected chi connectivity index (χ0v) is 6.95. The van der Waals surface area contributed by atoms with Gasteiger partial charge in [-0.15, -0.1) is 23.5 Å². The third-order valence-corrected chi connectivity index (χ3v) is 3.97. The monoisotopic (exact) mass is 176 g/mol. The molecular weight excluding hydrogens is 168 g/mol. The van der Waals surface area contributed by atoms with Crippen molar-refractivity contribution in [2.75, 3.05) is 11.5 Å². The van der Waals surface area contributed by atoms with Gasteiger partial charge in [-0.2, -0.15) is 0 Å². The number of carboxylic acid groups (broad SMARTS) is 1. The van der Waals surface area contributed by atoms with Crippen LogP contribution >= 0.6 is 23.5 Å². The number of carbonyl (C=O) groups is 1. The second-order valence-electron chi connectivity index (χ2n) is 1.81. The molecule has 0 radical (unpaired) electrons. The van der Waals surface area contributed by atoms with Crippen LogP contribution in [0.1, 0.15) is 0 Å². The highest BCUT2D eigenvalue weighted by atomic mass is 32.2. The van der Waals surface area contributed by atoms with Crippen molar-refractivity contribution in [3.63, 3.8) is 0 Å². The number of rotatable bonds is 2. The Balaban J connectivity index is 2.29. The van der Waals surface area contributed by atoms with Gasteiger partial charge in [0.15, 0.2) is 0 Å². The molecule has 2 nitrogen and oxygen atoms in total. The zero-order chi connectivity index (χ0) is 7.40. The summed E-state index contributed by atoms with van der Waals surface area (Å²) in [4.78, 5) is 10.1. The fourth-order valence-electron chi connectivity index (χ4n) is 0.649. The molecule has 0 amide bonds. The van der Waals surface area contributed by atoms with Crippen LogP contribution in [0, 0.1) is 0 Å². The van der Waals surface area contributed by atoms with Crippen molar-refractivity contribution in [3.8, 4) is 0 Å². The van der Waals surface area contributed by atoms with Crippen LogP contribution < -0.4 is 0 Å². The van der Waals surface area contributed by atoms with E-state index >= 15 is 0 Å². The fraction of sp³-hybridized carbons (Fsp3) is 0.500. The Bertz CT molecular complexity index is 150. The van der Waals surface area contributed by atoms with Crippen LogP contribution in [0.25, 0.3) is 0 Å². The van der Waals surface area contributed by atoms with E-state index in [2.05, 4.69) is 0 Å². The lowest BCUT2D eigenvalue weighted by molar-refractivity contribution is -0.131.